The Morgan fingerprint density at radius 3 is 2.32 bits per heavy atom. The zero-order chi connectivity index (χ0) is 14.3. The third-order valence-corrected chi connectivity index (χ3v) is 4.76. The SMILES string of the molecule is C=C/C(=C/c1ccccc1C)P(=O)(OCC)OCC. The standard InChI is InChI=1S/C15H21O3P/c1-5-15(19(16,17-6-2)18-7-3)12-14-11-9-8-10-13(14)4/h5,8-12H,1,6-7H2,2-4H3/b15-12-. The third-order valence-electron chi connectivity index (χ3n) is 2.62. The molecule has 0 aliphatic heterocycles. The van der Waals surface area contributed by atoms with Gasteiger partial charge in [0.1, 0.15) is 0 Å². The molecule has 0 saturated heterocycles. The summed E-state index contributed by atoms with van der Waals surface area (Å²) in [6.07, 6.45) is 3.35. The molecule has 0 fully saturated rings. The van der Waals surface area contributed by atoms with E-state index in [1.165, 1.54) is 0 Å². The van der Waals surface area contributed by atoms with Crippen molar-refractivity contribution in [1.82, 2.24) is 0 Å². The van der Waals surface area contributed by atoms with E-state index in [9.17, 15) is 4.57 Å². The summed E-state index contributed by atoms with van der Waals surface area (Å²) in [5, 5.41) is 0.491. The lowest BCUT2D eigenvalue weighted by molar-refractivity contribution is 0.227. The summed E-state index contributed by atoms with van der Waals surface area (Å²) < 4.78 is 23.3. The van der Waals surface area contributed by atoms with Gasteiger partial charge in [0.25, 0.3) is 0 Å². The van der Waals surface area contributed by atoms with E-state index in [1.807, 2.05) is 37.3 Å². The molecule has 0 unspecified atom stereocenters. The highest BCUT2D eigenvalue weighted by Crippen LogP contribution is 2.57. The van der Waals surface area contributed by atoms with E-state index < -0.39 is 7.60 Å². The van der Waals surface area contributed by atoms with Crippen LogP contribution in [0.1, 0.15) is 25.0 Å². The molecular weight excluding hydrogens is 259 g/mol. The Balaban J connectivity index is 3.21. The fourth-order valence-corrected chi connectivity index (χ4v) is 3.26. The molecule has 0 aromatic heterocycles. The molecule has 0 aliphatic carbocycles. The van der Waals surface area contributed by atoms with Crippen LogP contribution in [0.15, 0.2) is 42.2 Å². The summed E-state index contributed by atoms with van der Waals surface area (Å²) in [6, 6.07) is 7.86. The Morgan fingerprint density at radius 1 is 1.26 bits per heavy atom. The fraction of sp³-hybridized carbons (Fsp3) is 0.333. The number of rotatable bonds is 7. The van der Waals surface area contributed by atoms with Crippen molar-refractivity contribution >= 4 is 13.7 Å². The molecule has 1 aromatic rings. The predicted molar refractivity (Wildman–Crippen MR) is 80.2 cm³/mol. The Hall–Kier alpha value is -1.15. The average molecular weight is 280 g/mol. The first-order valence-electron chi connectivity index (χ1n) is 6.36. The first kappa shape index (κ1) is 15.9. The van der Waals surface area contributed by atoms with Crippen LogP contribution in [0.3, 0.4) is 0 Å². The smallest absolute Gasteiger partial charge is 0.305 e. The van der Waals surface area contributed by atoms with Crippen LogP contribution in [0.2, 0.25) is 0 Å². The van der Waals surface area contributed by atoms with Crippen LogP contribution in [0.5, 0.6) is 0 Å². The molecule has 0 N–H and O–H groups in total. The second kappa shape index (κ2) is 7.44. The highest BCUT2D eigenvalue weighted by Gasteiger charge is 2.27. The van der Waals surface area contributed by atoms with E-state index in [0.29, 0.717) is 18.5 Å². The number of allylic oxidation sites excluding steroid dienone is 2. The minimum absolute atomic E-state index is 0.330. The van der Waals surface area contributed by atoms with Crippen molar-refractivity contribution in [3.63, 3.8) is 0 Å². The quantitative estimate of drug-likeness (QED) is 0.532. The monoisotopic (exact) mass is 280 g/mol. The van der Waals surface area contributed by atoms with E-state index in [0.717, 1.165) is 11.1 Å². The number of aryl methyl sites for hydroxylation is 1. The van der Waals surface area contributed by atoms with Gasteiger partial charge in [-0.2, -0.15) is 0 Å². The zero-order valence-corrected chi connectivity index (χ0v) is 12.7. The molecule has 0 aliphatic rings. The normalized spacial score (nSPS) is 12.5. The molecule has 19 heavy (non-hydrogen) atoms. The van der Waals surface area contributed by atoms with Gasteiger partial charge in [0.2, 0.25) is 0 Å². The summed E-state index contributed by atoms with van der Waals surface area (Å²) in [5.41, 5.74) is 2.08. The molecule has 0 saturated carbocycles. The molecule has 104 valence electrons. The van der Waals surface area contributed by atoms with Gasteiger partial charge in [0, 0.05) is 0 Å². The van der Waals surface area contributed by atoms with Gasteiger partial charge in [-0.25, -0.2) is 0 Å². The van der Waals surface area contributed by atoms with Crippen LogP contribution in [0, 0.1) is 6.92 Å². The number of hydrogen-bond donors (Lipinski definition) is 0. The van der Waals surface area contributed by atoms with Crippen LogP contribution in [-0.2, 0) is 13.6 Å². The molecule has 1 aromatic carbocycles. The maximum absolute atomic E-state index is 12.7. The Labute approximate surface area is 115 Å². The predicted octanol–water partition coefficient (Wildman–Crippen LogP) is 4.79. The maximum atomic E-state index is 12.7. The summed E-state index contributed by atoms with van der Waals surface area (Å²) >= 11 is 0. The Bertz CT molecular complexity index is 496. The third kappa shape index (κ3) is 4.17. The molecule has 0 radical (unpaired) electrons. The van der Waals surface area contributed by atoms with E-state index in [1.54, 1.807) is 19.9 Å². The van der Waals surface area contributed by atoms with E-state index >= 15 is 0 Å². The van der Waals surface area contributed by atoms with Crippen LogP contribution in [-0.4, -0.2) is 13.2 Å². The van der Waals surface area contributed by atoms with Gasteiger partial charge in [-0.15, -0.1) is 0 Å². The zero-order valence-electron chi connectivity index (χ0n) is 11.8. The maximum Gasteiger partial charge on any atom is 0.361 e. The lowest BCUT2D eigenvalue weighted by Crippen LogP contribution is -1.97. The van der Waals surface area contributed by atoms with Crippen molar-refractivity contribution < 1.29 is 13.6 Å². The van der Waals surface area contributed by atoms with Crippen LogP contribution < -0.4 is 0 Å². The van der Waals surface area contributed by atoms with E-state index in [4.69, 9.17) is 9.05 Å². The van der Waals surface area contributed by atoms with Gasteiger partial charge in [-0.05, 0) is 38.0 Å². The number of benzene rings is 1. The van der Waals surface area contributed by atoms with Gasteiger partial charge in [-0.1, -0.05) is 36.9 Å². The van der Waals surface area contributed by atoms with Crippen molar-refractivity contribution in [3.8, 4) is 0 Å². The van der Waals surface area contributed by atoms with Gasteiger partial charge < -0.3 is 9.05 Å². The molecule has 3 nitrogen and oxygen atoms in total. The highest BCUT2D eigenvalue weighted by molar-refractivity contribution is 7.59. The van der Waals surface area contributed by atoms with Gasteiger partial charge in [-0.3, -0.25) is 4.57 Å². The van der Waals surface area contributed by atoms with Crippen molar-refractivity contribution in [2.75, 3.05) is 13.2 Å². The highest BCUT2D eigenvalue weighted by atomic mass is 31.2. The Morgan fingerprint density at radius 2 is 1.84 bits per heavy atom. The molecule has 4 heteroatoms. The summed E-state index contributed by atoms with van der Waals surface area (Å²) in [6.45, 7) is 9.96. The van der Waals surface area contributed by atoms with Crippen LogP contribution >= 0.6 is 7.60 Å². The minimum atomic E-state index is -3.27. The summed E-state index contributed by atoms with van der Waals surface area (Å²) in [4.78, 5) is 0. The summed E-state index contributed by atoms with van der Waals surface area (Å²) in [7, 11) is -3.27. The van der Waals surface area contributed by atoms with Gasteiger partial charge in [0.05, 0.1) is 18.5 Å². The lowest BCUT2D eigenvalue weighted by Gasteiger charge is -2.18. The molecule has 1 rings (SSSR count). The van der Waals surface area contributed by atoms with Crippen molar-refractivity contribution in [1.29, 1.82) is 0 Å². The van der Waals surface area contributed by atoms with E-state index in [-0.39, 0.29) is 0 Å². The molecular formula is C15H21O3P. The van der Waals surface area contributed by atoms with Crippen molar-refractivity contribution in [2.45, 2.75) is 20.8 Å². The molecule has 0 bridgehead atoms. The Kier molecular flexibility index (Phi) is 6.23. The topological polar surface area (TPSA) is 35.5 Å². The van der Waals surface area contributed by atoms with E-state index in [2.05, 4.69) is 6.58 Å². The minimum Gasteiger partial charge on any atom is -0.305 e. The average Bonchev–Trinajstić information content (AvgIpc) is 2.38. The van der Waals surface area contributed by atoms with Crippen molar-refractivity contribution in [2.24, 2.45) is 0 Å². The van der Waals surface area contributed by atoms with Crippen LogP contribution in [0.25, 0.3) is 6.08 Å². The summed E-state index contributed by atoms with van der Waals surface area (Å²) in [5.74, 6) is 0. The first-order valence-corrected chi connectivity index (χ1v) is 7.91. The van der Waals surface area contributed by atoms with Gasteiger partial charge >= 0.3 is 7.60 Å². The lowest BCUT2D eigenvalue weighted by atomic mass is 10.1. The van der Waals surface area contributed by atoms with Crippen molar-refractivity contribution in [3.05, 3.63) is 53.4 Å². The van der Waals surface area contributed by atoms with Crippen LogP contribution in [0.4, 0.5) is 0 Å². The first-order chi connectivity index (χ1) is 9.07. The molecule has 0 amide bonds. The second-order valence-electron chi connectivity index (χ2n) is 3.96. The largest absolute Gasteiger partial charge is 0.361 e. The molecule has 0 atom stereocenters. The fourth-order valence-electron chi connectivity index (χ4n) is 1.68. The second-order valence-corrected chi connectivity index (χ2v) is 5.99. The van der Waals surface area contributed by atoms with Gasteiger partial charge in [0.15, 0.2) is 0 Å². The molecule has 0 spiro atoms. The molecule has 0 heterocycles. The number of hydrogen-bond acceptors (Lipinski definition) is 3.